The van der Waals surface area contributed by atoms with Crippen LogP contribution in [0.5, 0.6) is 0 Å². The van der Waals surface area contributed by atoms with E-state index in [4.69, 9.17) is 0 Å². The summed E-state index contributed by atoms with van der Waals surface area (Å²) in [4.78, 5) is 2.18. The molecule has 1 aliphatic rings. The highest BCUT2D eigenvalue weighted by molar-refractivity contribution is 5.31. The zero-order valence-corrected chi connectivity index (χ0v) is 9.46. The number of hydrogen-bond acceptors (Lipinski definition) is 1. The lowest BCUT2D eigenvalue weighted by atomic mass is 10.1. The number of rotatable bonds is 1. The van der Waals surface area contributed by atoms with E-state index in [1.807, 2.05) is 13.8 Å². The van der Waals surface area contributed by atoms with E-state index >= 15 is 0 Å². The molecule has 0 radical (unpaired) electrons. The van der Waals surface area contributed by atoms with Crippen molar-refractivity contribution in [2.45, 2.75) is 40.7 Å². The van der Waals surface area contributed by atoms with E-state index in [0.717, 1.165) is 5.70 Å². The molecule has 0 saturated carbocycles. The molecule has 0 N–H and O–H groups in total. The van der Waals surface area contributed by atoms with Gasteiger partial charge >= 0.3 is 0 Å². The van der Waals surface area contributed by atoms with Crippen LogP contribution < -0.4 is 0 Å². The highest BCUT2D eigenvalue weighted by Gasteiger charge is 2.09. The van der Waals surface area contributed by atoms with Crippen LogP contribution in [0.4, 0.5) is 0 Å². The topological polar surface area (TPSA) is 3.24 Å². The first-order chi connectivity index (χ1) is 6.11. The fourth-order valence-corrected chi connectivity index (χ4v) is 1.14. The van der Waals surface area contributed by atoms with Crippen LogP contribution in [0.15, 0.2) is 36.2 Å². The Morgan fingerprint density at radius 1 is 1.23 bits per heavy atom. The van der Waals surface area contributed by atoms with Crippen molar-refractivity contribution >= 4 is 0 Å². The Kier molecular flexibility index (Phi) is 5.20. The van der Waals surface area contributed by atoms with Crippen molar-refractivity contribution in [3.8, 4) is 0 Å². The Morgan fingerprint density at radius 3 is 2.15 bits per heavy atom. The van der Waals surface area contributed by atoms with Crippen LogP contribution in [-0.2, 0) is 0 Å². The summed E-state index contributed by atoms with van der Waals surface area (Å²) >= 11 is 0. The Hall–Kier alpha value is -0.980. The Bertz CT molecular complexity index is 221. The molecule has 1 aliphatic heterocycles. The molecule has 1 heteroatoms. The van der Waals surface area contributed by atoms with Gasteiger partial charge in [-0.25, -0.2) is 0 Å². The second-order valence-corrected chi connectivity index (χ2v) is 3.20. The summed E-state index contributed by atoms with van der Waals surface area (Å²) in [5.41, 5.74) is 2.36. The van der Waals surface area contributed by atoms with E-state index in [9.17, 15) is 0 Å². The highest BCUT2D eigenvalue weighted by Crippen LogP contribution is 2.17. The normalized spacial score (nSPS) is 15.4. The molecule has 0 aliphatic carbocycles. The van der Waals surface area contributed by atoms with Gasteiger partial charge in [-0.05, 0) is 32.4 Å². The average molecular weight is 179 g/mol. The standard InChI is InChI=1S/C10H15N.C2H6/c1-8(2)11-7-9(3)5-6-10(11)4;1-2/h5-8H,4H2,1-3H3;1-2H3. The SMILES string of the molecule is C=C1C=CC(C)=CN1C(C)C.CC. The van der Waals surface area contributed by atoms with Gasteiger partial charge in [0, 0.05) is 17.9 Å². The van der Waals surface area contributed by atoms with Crippen molar-refractivity contribution in [1.82, 2.24) is 4.90 Å². The first kappa shape index (κ1) is 12.0. The van der Waals surface area contributed by atoms with E-state index in [0.29, 0.717) is 6.04 Å². The third-order valence-corrected chi connectivity index (χ3v) is 1.77. The molecular formula is C12H21N. The van der Waals surface area contributed by atoms with Crippen LogP contribution in [0.3, 0.4) is 0 Å². The molecule has 0 atom stereocenters. The average Bonchev–Trinajstić information content (AvgIpc) is 2.12. The summed E-state index contributed by atoms with van der Waals surface area (Å²) in [6.07, 6.45) is 6.27. The maximum Gasteiger partial charge on any atom is 0.0335 e. The van der Waals surface area contributed by atoms with Gasteiger partial charge in [-0.3, -0.25) is 0 Å². The molecule has 0 spiro atoms. The number of allylic oxidation sites excluding steroid dienone is 3. The van der Waals surface area contributed by atoms with Gasteiger partial charge in [0.2, 0.25) is 0 Å². The molecule has 0 fully saturated rings. The Balaban J connectivity index is 0.000000671. The zero-order valence-electron chi connectivity index (χ0n) is 9.46. The summed E-state index contributed by atoms with van der Waals surface area (Å²) in [7, 11) is 0. The lowest BCUT2D eigenvalue weighted by Gasteiger charge is -2.28. The van der Waals surface area contributed by atoms with Crippen molar-refractivity contribution in [2.24, 2.45) is 0 Å². The third kappa shape index (κ3) is 3.49. The molecule has 0 aromatic heterocycles. The van der Waals surface area contributed by atoms with E-state index in [1.165, 1.54) is 5.57 Å². The van der Waals surface area contributed by atoms with Crippen LogP contribution in [0.2, 0.25) is 0 Å². The molecule has 13 heavy (non-hydrogen) atoms. The maximum atomic E-state index is 3.95. The van der Waals surface area contributed by atoms with Crippen molar-refractivity contribution in [2.75, 3.05) is 0 Å². The predicted molar refractivity (Wildman–Crippen MR) is 60.4 cm³/mol. The Morgan fingerprint density at radius 2 is 1.77 bits per heavy atom. The Labute approximate surface area is 82.4 Å². The lowest BCUT2D eigenvalue weighted by molar-refractivity contribution is 0.391. The summed E-state index contributed by atoms with van der Waals surface area (Å²) in [6.45, 7) is 14.4. The number of hydrogen-bond donors (Lipinski definition) is 0. The summed E-state index contributed by atoms with van der Waals surface area (Å²) in [5.74, 6) is 0. The van der Waals surface area contributed by atoms with Crippen molar-refractivity contribution in [3.05, 3.63) is 36.2 Å². The smallest absolute Gasteiger partial charge is 0.0335 e. The van der Waals surface area contributed by atoms with Crippen LogP contribution in [-0.4, -0.2) is 10.9 Å². The summed E-state index contributed by atoms with van der Waals surface area (Å²) in [5, 5.41) is 0. The molecule has 0 unspecified atom stereocenters. The quantitative estimate of drug-likeness (QED) is 0.593. The maximum absolute atomic E-state index is 3.95. The minimum Gasteiger partial charge on any atom is -0.346 e. The number of nitrogens with zero attached hydrogens (tertiary/aromatic N) is 1. The summed E-state index contributed by atoms with van der Waals surface area (Å²) in [6, 6.07) is 0.502. The fraction of sp³-hybridized carbons (Fsp3) is 0.500. The van der Waals surface area contributed by atoms with E-state index in [2.05, 4.69) is 50.6 Å². The van der Waals surface area contributed by atoms with Gasteiger partial charge in [0.15, 0.2) is 0 Å². The largest absolute Gasteiger partial charge is 0.346 e. The first-order valence-corrected chi connectivity index (χ1v) is 4.95. The van der Waals surface area contributed by atoms with E-state index < -0.39 is 0 Å². The second kappa shape index (κ2) is 5.63. The van der Waals surface area contributed by atoms with Gasteiger partial charge in [0.05, 0.1) is 0 Å². The minimum absolute atomic E-state index is 0.502. The van der Waals surface area contributed by atoms with Gasteiger partial charge in [-0.2, -0.15) is 0 Å². The molecule has 0 aromatic rings. The van der Waals surface area contributed by atoms with E-state index in [-0.39, 0.29) is 0 Å². The van der Waals surface area contributed by atoms with Crippen molar-refractivity contribution in [3.63, 3.8) is 0 Å². The van der Waals surface area contributed by atoms with Crippen molar-refractivity contribution in [1.29, 1.82) is 0 Å². The molecule has 1 heterocycles. The van der Waals surface area contributed by atoms with Gasteiger partial charge < -0.3 is 4.90 Å². The van der Waals surface area contributed by atoms with Crippen molar-refractivity contribution < 1.29 is 0 Å². The summed E-state index contributed by atoms with van der Waals surface area (Å²) < 4.78 is 0. The lowest BCUT2D eigenvalue weighted by Crippen LogP contribution is -2.25. The molecule has 1 rings (SSSR count). The second-order valence-electron chi connectivity index (χ2n) is 3.20. The van der Waals surface area contributed by atoms with Crippen LogP contribution in [0.1, 0.15) is 34.6 Å². The zero-order chi connectivity index (χ0) is 10.4. The van der Waals surface area contributed by atoms with Gasteiger partial charge in [0.1, 0.15) is 0 Å². The molecule has 0 bridgehead atoms. The fourth-order valence-electron chi connectivity index (χ4n) is 1.14. The molecular weight excluding hydrogens is 158 g/mol. The van der Waals surface area contributed by atoms with Crippen LogP contribution >= 0.6 is 0 Å². The predicted octanol–water partition coefficient (Wildman–Crippen LogP) is 3.71. The molecule has 0 saturated heterocycles. The van der Waals surface area contributed by atoms with Gasteiger partial charge in [-0.1, -0.05) is 26.5 Å². The minimum atomic E-state index is 0.502. The molecule has 74 valence electrons. The third-order valence-electron chi connectivity index (χ3n) is 1.77. The molecule has 1 nitrogen and oxygen atoms in total. The molecule has 0 amide bonds. The van der Waals surface area contributed by atoms with Gasteiger partial charge in [-0.15, -0.1) is 0 Å². The first-order valence-electron chi connectivity index (χ1n) is 4.95. The van der Waals surface area contributed by atoms with Crippen LogP contribution in [0, 0.1) is 0 Å². The van der Waals surface area contributed by atoms with Gasteiger partial charge in [0.25, 0.3) is 0 Å². The van der Waals surface area contributed by atoms with Crippen LogP contribution in [0.25, 0.3) is 0 Å². The highest BCUT2D eigenvalue weighted by atomic mass is 15.1. The van der Waals surface area contributed by atoms with E-state index in [1.54, 1.807) is 0 Å². The molecule has 0 aromatic carbocycles. The monoisotopic (exact) mass is 179 g/mol.